The number of nitrogens with zero attached hydrogens (tertiary/aromatic N) is 2. The van der Waals surface area contributed by atoms with Crippen LogP contribution in [0.15, 0.2) is 29.3 Å². The number of benzene rings is 1. The van der Waals surface area contributed by atoms with Gasteiger partial charge in [0.1, 0.15) is 0 Å². The van der Waals surface area contributed by atoms with Crippen molar-refractivity contribution in [3.63, 3.8) is 0 Å². The Labute approximate surface area is 142 Å². The van der Waals surface area contributed by atoms with Crippen molar-refractivity contribution in [1.29, 1.82) is 0 Å². The summed E-state index contributed by atoms with van der Waals surface area (Å²) in [5.41, 5.74) is 6.99. The van der Waals surface area contributed by atoms with Crippen LogP contribution in [-0.4, -0.2) is 64.0 Å². The highest BCUT2D eigenvalue weighted by Gasteiger charge is 2.24. The van der Waals surface area contributed by atoms with E-state index in [0.717, 1.165) is 36.9 Å². The molecule has 0 aromatic heterocycles. The molecule has 1 aliphatic rings. The van der Waals surface area contributed by atoms with Crippen LogP contribution in [-0.2, 0) is 9.47 Å². The Morgan fingerprint density at radius 3 is 2.87 bits per heavy atom. The molecule has 1 saturated heterocycles. The Morgan fingerprint density at radius 2 is 2.17 bits per heavy atom. The molecular weight excluding hydrogens is 316 g/mol. The van der Waals surface area contributed by atoms with E-state index in [-0.39, 0.29) is 6.04 Å². The predicted molar refractivity (Wildman–Crippen MR) is 93.0 cm³/mol. The fourth-order valence-electron chi connectivity index (χ4n) is 2.57. The van der Waals surface area contributed by atoms with Crippen LogP contribution < -0.4 is 11.1 Å². The monoisotopic (exact) mass is 340 g/mol. The van der Waals surface area contributed by atoms with Crippen LogP contribution >= 0.6 is 11.6 Å². The number of ether oxygens (including phenoxy) is 2. The van der Waals surface area contributed by atoms with Gasteiger partial charge in [-0.2, -0.15) is 0 Å². The van der Waals surface area contributed by atoms with E-state index >= 15 is 0 Å². The summed E-state index contributed by atoms with van der Waals surface area (Å²) in [7, 11) is 1.65. The molecule has 2 rings (SSSR count). The van der Waals surface area contributed by atoms with Crippen molar-refractivity contribution in [2.75, 3.05) is 53.1 Å². The SMILES string of the molecule is COCCNC(N)=NCC(c1ccccc1Cl)N1CCOCC1. The highest BCUT2D eigenvalue weighted by molar-refractivity contribution is 6.31. The number of nitrogens with one attached hydrogen (secondary N) is 1. The predicted octanol–water partition coefficient (Wildman–Crippen LogP) is 1.26. The highest BCUT2D eigenvalue weighted by Crippen LogP contribution is 2.28. The molecule has 0 saturated carbocycles. The minimum Gasteiger partial charge on any atom is -0.383 e. The number of halogens is 1. The molecule has 0 spiro atoms. The van der Waals surface area contributed by atoms with Gasteiger partial charge in [-0.25, -0.2) is 0 Å². The van der Waals surface area contributed by atoms with Crippen molar-refractivity contribution in [2.45, 2.75) is 6.04 Å². The standard InChI is InChI=1S/C16H25ClN4O2/c1-22-9-6-19-16(18)20-12-15(21-7-10-23-11-8-21)13-4-2-3-5-14(13)17/h2-5,15H,6-12H2,1H3,(H3,18,19,20). The summed E-state index contributed by atoms with van der Waals surface area (Å²) in [4.78, 5) is 6.82. The summed E-state index contributed by atoms with van der Waals surface area (Å²) in [5.74, 6) is 0.423. The molecule has 1 aliphatic heterocycles. The van der Waals surface area contributed by atoms with Gasteiger partial charge in [-0.15, -0.1) is 0 Å². The second-order valence-corrected chi connectivity index (χ2v) is 5.74. The molecule has 0 radical (unpaired) electrons. The van der Waals surface area contributed by atoms with Gasteiger partial charge in [-0.3, -0.25) is 9.89 Å². The van der Waals surface area contributed by atoms with E-state index < -0.39 is 0 Å². The Balaban J connectivity index is 2.07. The minimum atomic E-state index is 0.0929. The van der Waals surface area contributed by atoms with Crippen molar-refractivity contribution in [1.82, 2.24) is 10.2 Å². The molecule has 23 heavy (non-hydrogen) atoms. The summed E-state index contributed by atoms with van der Waals surface area (Å²) in [6.45, 7) is 4.96. The number of hydrogen-bond donors (Lipinski definition) is 2. The average molecular weight is 341 g/mol. The van der Waals surface area contributed by atoms with Crippen LogP contribution in [0.3, 0.4) is 0 Å². The summed E-state index contributed by atoms with van der Waals surface area (Å²) >= 11 is 6.39. The van der Waals surface area contributed by atoms with E-state index in [1.807, 2.05) is 24.3 Å². The van der Waals surface area contributed by atoms with Gasteiger partial charge < -0.3 is 20.5 Å². The fourth-order valence-corrected chi connectivity index (χ4v) is 2.83. The lowest BCUT2D eigenvalue weighted by molar-refractivity contribution is 0.0180. The highest BCUT2D eigenvalue weighted by atomic mass is 35.5. The molecule has 1 heterocycles. The van der Waals surface area contributed by atoms with E-state index in [4.69, 9.17) is 26.8 Å². The molecule has 7 heteroatoms. The molecule has 1 fully saturated rings. The minimum absolute atomic E-state index is 0.0929. The molecule has 0 amide bonds. The molecule has 1 aromatic carbocycles. The zero-order valence-corrected chi connectivity index (χ0v) is 14.3. The largest absolute Gasteiger partial charge is 0.383 e. The van der Waals surface area contributed by atoms with E-state index in [2.05, 4.69) is 15.2 Å². The van der Waals surface area contributed by atoms with Crippen LogP contribution in [0.4, 0.5) is 0 Å². The second kappa shape index (κ2) is 9.72. The van der Waals surface area contributed by atoms with Gasteiger partial charge in [0.05, 0.1) is 32.4 Å². The first-order valence-corrected chi connectivity index (χ1v) is 8.19. The van der Waals surface area contributed by atoms with Crippen molar-refractivity contribution >= 4 is 17.6 Å². The third-order valence-corrected chi connectivity index (χ3v) is 4.14. The summed E-state index contributed by atoms with van der Waals surface area (Å²) in [6.07, 6.45) is 0. The van der Waals surface area contributed by atoms with Crippen LogP contribution in [0.5, 0.6) is 0 Å². The first kappa shape index (κ1) is 18.0. The summed E-state index contributed by atoms with van der Waals surface area (Å²) < 4.78 is 10.4. The Morgan fingerprint density at radius 1 is 1.43 bits per heavy atom. The summed E-state index contributed by atoms with van der Waals surface area (Å²) in [5, 5.41) is 3.79. The molecule has 1 atom stereocenters. The van der Waals surface area contributed by atoms with Crippen LogP contribution in [0.1, 0.15) is 11.6 Å². The Kier molecular flexibility index (Phi) is 7.61. The third-order valence-electron chi connectivity index (χ3n) is 3.80. The number of nitrogens with two attached hydrogens (primary N) is 1. The number of guanidine groups is 1. The van der Waals surface area contributed by atoms with Gasteiger partial charge >= 0.3 is 0 Å². The summed E-state index contributed by atoms with van der Waals surface area (Å²) in [6, 6.07) is 7.99. The van der Waals surface area contributed by atoms with Crippen LogP contribution in [0.25, 0.3) is 0 Å². The van der Waals surface area contributed by atoms with Crippen molar-refractivity contribution in [3.8, 4) is 0 Å². The van der Waals surface area contributed by atoms with Gasteiger partial charge in [0.2, 0.25) is 0 Å². The van der Waals surface area contributed by atoms with Crippen molar-refractivity contribution in [2.24, 2.45) is 10.7 Å². The first-order valence-electron chi connectivity index (χ1n) is 7.81. The molecule has 1 unspecified atom stereocenters. The molecule has 1 aromatic rings. The average Bonchev–Trinajstić information content (AvgIpc) is 2.58. The molecule has 0 bridgehead atoms. The van der Waals surface area contributed by atoms with Gasteiger partial charge in [0.15, 0.2) is 5.96 Å². The molecule has 128 valence electrons. The molecular formula is C16H25ClN4O2. The van der Waals surface area contributed by atoms with Crippen molar-refractivity contribution < 1.29 is 9.47 Å². The number of hydrogen-bond acceptors (Lipinski definition) is 4. The number of methoxy groups -OCH3 is 1. The lowest BCUT2D eigenvalue weighted by Gasteiger charge is -2.34. The van der Waals surface area contributed by atoms with Crippen LogP contribution in [0.2, 0.25) is 5.02 Å². The first-order chi connectivity index (χ1) is 11.2. The van der Waals surface area contributed by atoms with E-state index in [0.29, 0.717) is 25.7 Å². The Hall–Kier alpha value is -1.34. The zero-order valence-electron chi connectivity index (χ0n) is 13.5. The maximum absolute atomic E-state index is 6.39. The Bertz CT molecular complexity index is 507. The molecule has 0 aliphatic carbocycles. The van der Waals surface area contributed by atoms with Crippen LogP contribution in [0, 0.1) is 0 Å². The topological polar surface area (TPSA) is 72.1 Å². The lowest BCUT2D eigenvalue weighted by Crippen LogP contribution is -2.41. The maximum Gasteiger partial charge on any atom is 0.188 e. The van der Waals surface area contributed by atoms with E-state index in [1.54, 1.807) is 7.11 Å². The fraction of sp³-hybridized carbons (Fsp3) is 0.562. The number of rotatable bonds is 7. The third kappa shape index (κ3) is 5.66. The number of morpholine rings is 1. The second-order valence-electron chi connectivity index (χ2n) is 5.33. The quantitative estimate of drug-likeness (QED) is 0.444. The number of aliphatic imine (C=N–C) groups is 1. The molecule has 6 nitrogen and oxygen atoms in total. The zero-order chi connectivity index (χ0) is 16.5. The smallest absolute Gasteiger partial charge is 0.188 e. The lowest BCUT2D eigenvalue weighted by atomic mass is 10.0. The van der Waals surface area contributed by atoms with Gasteiger partial charge in [-0.1, -0.05) is 29.8 Å². The van der Waals surface area contributed by atoms with Gasteiger partial charge in [0, 0.05) is 31.8 Å². The van der Waals surface area contributed by atoms with Gasteiger partial charge in [0.25, 0.3) is 0 Å². The van der Waals surface area contributed by atoms with Gasteiger partial charge in [-0.05, 0) is 11.6 Å². The normalized spacial score (nSPS) is 17.9. The van der Waals surface area contributed by atoms with Crippen molar-refractivity contribution in [3.05, 3.63) is 34.9 Å². The van der Waals surface area contributed by atoms with E-state index in [1.165, 1.54) is 0 Å². The molecule has 3 N–H and O–H groups in total. The van der Waals surface area contributed by atoms with E-state index in [9.17, 15) is 0 Å². The maximum atomic E-state index is 6.39.